The molecule has 0 aliphatic rings. The van der Waals surface area contributed by atoms with Gasteiger partial charge in [-0.05, 0) is 64.8 Å². The van der Waals surface area contributed by atoms with Gasteiger partial charge in [0.1, 0.15) is 5.58 Å². The third-order valence-electron chi connectivity index (χ3n) is 6.03. The number of fused-ring (bicyclic) bond motifs is 1. The van der Waals surface area contributed by atoms with Gasteiger partial charge in [-0.3, -0.25) is 4.90 Å². The number of benzene rings is 3. The molecule has 0 unspecified atom stereocenters. The first-order chi connectivity index (χ1) is 14.9. The minimum atomic E-state index is 0.0636. The van der Waals surface area contributed by atoms with E-state index >= 15 is 0 Å². The van der Waals surface area contributed by atoms with Crippen LogP contribution in [0.15, 0.2) is 71.1 Å². The van der Waals surface area contributed by atoms with E-state index in [4.69, 9.17) is 10.2 Å². The van der Waals surface area contributed by atoms with Gasteiger partial charge in [-0.15, -0.1) is 0 Å². The lowest BCUT2D eigenvalue weighted by Crippen LogP contribution is -2.14. The van der Waals surface area contributed by atoms with Crippen LogP contribution in [0.4, 0.5) is 22.9 Å². The molecule has 3 nitrogen and oxygen atoms in total. The Kier molecular flexibility index (Phi) is 5.32. The molecule has 0 radical (unpaired) electrons. The third-order valence-corrected chi connectivity index (χ3v) is 6.03. The molecule has 32 heavy (non-hydrogen) atoms. The van der Waals surface area contributed by atoms with Gasteiger partial charge in [-0.25, -0.2) is 0 Å². The second-order valence-corrected chi connectivity index (χ2v) is 10.8. The summed E-state index contributed by atoms with van der Waals surface area (Å²) in [4.78, 5) is 2.16. The van der Waals surface area contributed by atoms with E-state index in [1.54, 1.807) is 0 Å². The first-order valence-electron chi connectivity index (χ1n) is 11.2. The summed E-state index contributed by atoms with van der Waals surface area (Å²) < 4.78 is 6.45. The fourth-order valence-corrected chi connectivity index (χ4v) is 4.02. The Bertz CT molecular complexity index is 1270. The fourth-order valence-electron chi connectivity index (χ4n) is 4.02. The second-order valence-electron chi connectivity index (χ2n) is 10.8. The highest BCUT2D eigenvalue weighted by molar-refractivity contribution is 5.87. The summed E-state index contributed by atoms with van der Waals surface area (Å²) in [6, 6.07) is 23.2. The van der Waals surface area contributed by atoms with Crippen LogP contribution in [-0.2, 0) is 10.8 Å². The van der Waals surface area contributed by atoms with Crippen LogP contribution in [-0.4, -0.2) is 0 Å². The molecule has 4 rings (SSSR count). The molecule has 0 aliphatic heterocycles. The molecule has 0 atom stereocenters. The smallest absolute Gasteiger partial charge is 0.205 e. The molecule has 0 amide bonds. The van der Waals surface area contributed by atoms with Crippen molar-refractivity contribution in [2.45, 2.75) is 59.3 Å². The number of nitrogen functional groups attached to an aromatic ring is 1. The minimum Gasteiger partial charge on any atom is -0.440 e. The lowest BCUT2D eigenvalue weighted by atomic mass is 9.86. The van der Waals surface area contributed by atoms with E-state index in [9.17, 15) is 0 Å². The molecule has 2 N–H and O–H groups in total. The van der Waals surface area contributed by atoms with E-state index in [2.05, 4.69) is 102 Å². The van der Waals surface area contributed by atoms with Gasteiger partial charge in [0.15, 0.2) is 0 Å². The summed E-state index contributed by atoms with van der Waals surface area (Å²) in [6.45, 7) is 15.5. The lowest BCUT2D eigenvalue weighted by Gasteiger charge is -2.27. The Hall–Kier alpha value is -3.20. The summed E-state index contributed by atoms with van der Waals surface area (Å²) >= 11 is 0. The Morgan fingerprint density at radius 1 is 0.750 bits per heavy atom. The Labute approximate surface area is 191 Å². The largest absolute Gasteiger partial charge is 0.440 e. The van der Waals surface area contributed by atoms with Crippen LogP contribution < -0.4 is 10.6 Å². The summed E-state index contributed by atoms with van der Waals surface area (Å²) in [7, 11) is 0. The molecule has 0 bridgehead atoms. The minimum absolute atomic E-state index is 0.0636. The number of aryl methyl sites for hydroxylation is 1. The monoisotopic (exact) mass is 426 g/mol. The number of nitrogens with two attached hydrogens (primary N) is 1. The van der Waals surface area contributed by atoms with Crippen LogP contribution >= 0.6 is 0 Å². The van der Waals surface area contributed by atoms with Crippen LogP contribution in [0.25, 0.3) is 11.0 Å². The van der Waals surface area contributed by atoms with Gasteiger partial charge in [0.05, 0.1) is 11.4 Å². The summed E-state index contributed by atoms with van der Waals surface area (Å²) in [5.74, 6) is 0.781. The zero-order chi connectivity index (χ0) is 23.3. The highest BCUT2D eigenvalue weighted by Gasteiger charge is 2.22. The number of hydrogen-bond acceptors (Lipinski definition) is 3. The van der Waals surface area contributed by atoms with Crippen molar-refractivity contribution >= 4 is 33.9 Å². The lowest BCUT2D eigenvalue weighted by molar-refractivity contribution is 0.583. The van der Waals surface area contributed by atoms with E-state index in [0.717, 1.165) is 33.9 Å². The van der Waals surface area contributed by atoms with Crippen molar-refractivity contribution in [3.8, 4) is 0 Å². The summed E-state index contributed by atoms with van der Waals surface area (Å²) in [5.41, 5.74) is 13.7. The maximum Gasteiger partial charge on any atom is 0.205 e. The highest BCUT2D eigenvalue weighted by atomic mass is 16.4. The molecule has 166 valence electrons. The number of furan rings is 1. The fraction of sp³-hybridized carbons (Fsp3) is 0.310. The summed E-state index contributed by atoms with van der Waals surface area (Å²) in [5, 5.41) is 1.09. The SMILES string of the molecule is Cc1cc(C(C)(C)C)ccc1N(c1cccc(N)c1)c1cc2ccc(C(C)(C)C)cc2o1. The van der Waals surface area contributed by atoms with E-state index in [1.807, 2.05) is 18.2 Å². The zero-order valence-corrected chi connectivity index (χ0v) is 20.3. The van der Waals surface area contributed by atoms with E-state index in [0.29, 0.717) is 0 Å². The van der Waals surface area contributed by atoms with Crippen molar-refractivity contribution < 1.29 is 4.42 Å². The molecule has 0 fully saturated rings. The van der Waals surface area contributed by atoms with Crippen molar-refractivity contribution in [3.05, 3.63) is 83.4 Å². The maximum absolute atomic E-state index is 6.45. The predicted molar refractivity (Wildman–Crippen MR) is 137 cm³/mol. The predicted octanol–water partition coefficient (Wildman–Crippen LogP) is 8.39. The van der Waals surface area contributed by atoms with Gasteiger partial charge in [0, 0.05) is 17.1 Å². The van der Waals surface area contributed by atoms with Gasteiger partial charge < -0.3 is 10.2 Å². The number of hydrogen-bond donors (Lipinski definition) is 1. The average Bonchev–Trinajstić information content (AvgIpc) is 3.11. The Morgan fingerprint density at radius 3 is 2.03 bits per heavy atom. The molecule has 3 heteroatoms. The van der Waals surface area contributed by atoms with Crippen LogP contribution in [0.1, 0.15) is 58.2 Å². The number of anilines is 4. The van der Waals surface area contributed by atoms with Gasteiger partial charge in [-0.1, -0.05) is 71.9 Å². The first kappa shape index (κ1) is 22.0. The Balaban J connectivity index is 1.90. The molecule has 1 aromatic heterocycles. The Morgan fingerprint density at radius 2 is 1.41 bits per heavy atom. The highest BCUT2D eigenvalue weighted by Crippen LogP contribution is 2.41. The van der Waals surface area contributed by atoms with Gasteiger partial charge in [-0.2, -0.15) is 0 Å². The van der Waals surface area contributed by atoms with Crippen LogP contribution in [0.5, 0.6) is 0 Å². The van der Waals surface area contributed by atoms with Crippen molar-refractivity contribution in [1.29, 1.82) is 0 Å². The van der Waals surface area contributed by atoms with E-state index in [-0.39, 0.29) is 10.8 Å². The topological polar surface area (TPSA) is 42.4 Å². The molecule has 0 aliphatic carbocycles. The van der Waals surface area contributed by atoms with Crippen molar-refractivity contribution in [3.63, 3.8) is 0 Å². The standard InChI is InChI=1S/C29H34N2O/c1-19-15-21(28(2,3)4)13-14-25(19)31(24-10-8-9-23(30)18-24)27-16-20-11-12-22(29(5,6)7)17-26(20)32-27/h8-18H,30H2,1-7H3. The second kappa shape index (κ2) is 7.74. The zero-order valence-electron chi connectivity index (χ0n) is 20.3. The van der Waals surface area contributed by atoms with Crippen molar-refractivity contribution in [2.24, 2.45) is 0 Å². The van der Waals surface area contributed by atoms with Gasteiger partial charge >= 0.3 is 0 Å². The van der Waals surface area contributed by atoms with E-state index < -0.39 is 0 Å². The third kappa shape index (κ3) is 4.25. The number of rotatable bonds is 3. The molecular formula is C29H34N2O. The average molecular weight is 427 g/mol. The van der Waals surface area contributed by atoms with E-state index in [1.165, 1.54) is 16.7 Å². The maximum atomic E-state index is 6.45. The quantitative estimate of drug-likeness (QED) is 0.334. The van der Waals surface area contributed by atoms with Crippen molar-refractivity contribution in [2.75, 3.05) is 10.6 Å². The van der Waals surface area contributed by atoms with Crippen molar-refractivity contribution in [1.82, 2.24) is 0 Å². The van der Waals surface area contributed by atoms with Gasteiger partial charge in [0.25, 0.3) is 0 Å². The molecule has 0 spiro atoms. The molecule has 0 saturated heterocycles. The normalized spacial score (nSPS) is 12.3. The molecule has 0 saturated carbocycles. The molecule has 4 aromatic rings. The van der Waals surface area contributed by atoms with Gasteiger partial charge in [0.2, 0.25) is 5.88 Å². The molecular weight excluding hydrogens is 392 g/mol. The first-order valence-corrected chi connectivity index (χ1v) is 11.2. The number of nitrogens with zero attached hydrogens (tertiary/aromatic N) is 1. The van der Waals surface area contributed by atoms with Crippen LogP contribution in [0, 0.1) is 6.92 Å². The molecule has 3 aromatic carbocycles. The molecule has 1 heterocycles. The van der Waals surface area contributed by atoms with Crippen LogP contribution in [0.2, 0.25) is 0 Å². The summed E-state index contributed by atoms with van der Waals surface area (Å²) in [6.07, 6.45) is 0. The van der Waals surface area contributed by atoms with Crippen LogP contribution in [0.3, 0.4) is 0 Å².